The lowest BCUT2D eigenvalue weighted by atomic mass is 10.0. The number of benzene rings is 1. The highest BCUT2D eigenvalue weighted by molar-refractivity contribution is 5.91. The maximum absolute atomic E-state index is 12.1. The second-order valence-electron chi connectivity index (χ2n) is 6.93. The zero-order valence-electron chi connectivity index (χ0n) is 17.0. The van der Waals surface area contributed by atoms with Gasteiger partial charge in [-0.25, -0.2) is 9.78 Å². The molecule has 4 N–H and O–H groups in total. The number of amides is 2. The summed E-state index contributed by atoms with van der Waals surface area (Å²) in [5.41, 5.74) is 7.22. The number of hydrogen-bond donors (Lipinski definition) is 3. The molecule has 0 aliphatic carbocycles. The highest BCUT2D eigenvalue weighted by atomic mass is 16.5. The van der Waals surface area contributed by atoms with Crippen molar-refractivity contribution in [2.75, 3.05) is 13.1 Å². The molecule has 1 aromatic carbocycles. The van der Waals surface area contributed by atoms with E-state index in [4.69, 9.17) is 14.9 Å². The van der Waals surface area contributed by atoms with E-state index in [2.05, 4.69) is 15.6 Å². The molecule has 0 radical (unpaired) electrons. The molecule has 1 heterocycles. The third-order valence-electron chi connectivity index (χ3n) is 4.67. The number of ether oxygens (including phenoxy) is 1. The molecule has 0 bridgehead atoms. The number of rotatable bonds is 11. The fourth-order valence-corrected chi connectivity index (χ4v) is 2.55. The lowest BCUT2D eigenvalue weighted by Gasteiger charge is -2.13. The molecule has 29 heavy (non-hydrogen) atoms. The zero-order valence-corrected chi connectivity index (χ0v) is 17.0. The van der Waals surface area contributed by atoms with E-state index < -0.39 is 6.09 Å². The van der Waals surface area contributed by atoms with E-state index in [0.717, 1.165) is 12.0 Å². The summed E-state index contributed by atoms with van der Waals surface area (Å²) in [7, 11) is 0. The summed E-state index contributed by atoms with van der Waals surface area (Å²) >= 11 is 0. The maximum Gasteiger partial charge on any atom is 0.407 e. The van der Waals surface area contributed by atoms with Crippen LogP contribution in [-0.2, 0) is 11.3 Å². The van der Waals surface area contributed by atoms with Gasteiger partial charge in [-0.15, -0.1) is 0 Å². The molecular formula is C21H30N4O4. The lowest BCUT2D eigenvalue weighted by molar-refractivity contribution is 0.0947. The Hall–Kier alpha value is -2.87. The molecule has 1 aromatic heterocycles. The molecule has 0 fully saturated rings. The van der Waals surface area contributed by atoms with Gasteiger partial charge < -0.3 is 25.5 Å². The van der Waals surface area contributed by atoms with Crippen molar-refractivity contribution >= 4 is 12.0 Å². The fraction of sp³-hybridized carbons (Fsp3) is 0.476. The second-order valence-corrected chi connectivity index (χ2v) is 6.93. The molecule has 2 atom stereocenters. The quantitative estimate of drug-likeness (QED) is 0.497. The van der Waals surface area contributed by atoms with E-state index in [1.807, 2.05) is 44.2 Å². The first-order valence-corrected chi connectivity index (χ1v) is 9.95. The van der Waals surface area contributed by atoms with Crippen LogP contribution in [0.15, 0.2) is 41.0 Å². The zero-order chi connectivity index (χ0) is 21.1. The first-order valence-electron chi connectivity index (χ1n) is 9.95. The van der Waals surface area contributed by atoms with Crippen LogP contribution in [-0.4, -0.2) is 30.1 Å². The third-order valence-corrected chi connectivity index (χ3v) is 4.67. The van der Waals surface area contributed by atoms with E-state index in [1.54, 1.807) is 0 Å². The maximum atomic E-state index is 12.1. The molecule has 0 aliphatic heterocycles. The average molecular weight is 402 g/mol. The van der Waals surface area contributed by atoms with E-state index in [9.17, 15) is 9.59 Å². The Morgan fingerprint density at radius 2 is 1.86 bits per heavy atom. The Morgan fingerprint density at radius 1 is 1.17 bits per heavy atom. The molecule has 0 saturated heterocycles. The van der Waals surface area contributed by atoms with Crippen molar-refractivity contribution in [1.82, 2.24) is 15.6 Å². The van der Waals surface area contributed by atoms with Gasteiger partial charge in [-0.05, 0) is 24.3 Å². The van der Waals surface area contributed by atoms with Gasteiger partial charge in [-0.2, -0.15) is 0 Å². The minimum atomic E-state index is -0.453. The fourth-order valence-electron chi connectivity index (χ4n) is 2.55. The number of carbonyl (C=O) groups is 2. The molecule has 8 heteroatoms. The van der Waals surface area contributed by atoms with Crippen molar-refractivity contribution < 1.29 is 18.7 Å². The normalized spacial score (nSPS) is 12.8. The Bertz CT molecular complexity index is 763. The van der Waals surface area contributed by atoms with Gasteiger partial charge in [0.25, 0.3) is 5.91 Å². The van der Waals surface area contributed by atoms with Gasteiger partial charge in [0.15, 0.2) is 5.69 Å². The predicted molar refractivity (Wildman–Crippen MR) is 109 cm³/mol. The van der Waals surface area contributed by atoms with Gasteiger partial charge in [0.05, 0.1) is 6.04 Å². The highest BCUT2D eigenvalue weighted by Crippen LogP contribution is 2.21. The largest absolute Gasteiger partial charge is 0.446 e. The lowest BCUT2D eigenvalue weighted by Crippen LogP contribution is -2.28. The smallest absolute Gasteiger partial charge is 0.407 e. The van der Waals surface area contributed by atoms with Crippen LogP contribution in [0.25, 0.3) is 0 Å². The van der Waals surface area contributed by atoms with Gasteiger partial charge in [0, 0.05) is 13.1 Å². The van der Waals surface area contributed by atoms with Crippen LogP contribution in [0.3, 0.4) is 0 Å². The number of hydrogen-bond acceptors (Lipinski definition) is 6. The highest BCUT2D eigenvalue weighted by Gasteiger charge is 2.20. The van der Waals surface area contributed by atoms with Crippen LogP contribution >= 0.6 is 0 Å². The number of nitrogens with two attached hydrogens (primary N) is 1. The molecule has 2 amide bonds. The summed E-state index contributed by atoms with van der Waals surface area (Å²) in [4.78, 5) is 27.9. The molecule has 0 spiro atoms. The molecular weight excluding hydrogens is 372 g/mol. The van der Waals surface area contributed by atoms with Crippen molar-refractivity contribution in [2.45, 2.75) is 45.8 Å². The first-order chi connectivity index (χ1) is 14.0. The Morgan fingerprint density at radius 3 is 2.55 bits per heavy atom. The van der Waals surface area contributed by atoms with Crippen molar-refractivity contribution in [1.29, 1.82) is 0 Å². The molecule has 0 saturated carbocycles. The van der Waals surface area contributed by atoms with Crippen LogP contribution in [0.4, 0.5) is 4.79 Å². The van der Waals surface area contributed by atoms with Crippen LogP contribution in [0.5, 0.6) is 0 Å². The van der Waals surface area contributed by atoms with E-state index in [-0.39, 0.29) is 30.2 Å². The molecule has 2 rings (SSSR count). The van der Waals surface area contributed by atoms with Crippen LogP contribution in [0, 0.1) is 5.92 Å². The molecule has 2 unspecified atom stereocenters. The molecule has 2 aromatic rings. The number of alkyl carbamates (subject to hydrolysis) is 1. The monoisotopic (exact) mass is 402 g/mol. The first kappa shape index (κ1) is 22.4. The number of carbonyl (C=O) groups excluding carboxylic acids is 2. The number of nitrogens with one attached hydrogen (secondary N) is 2. The third kappa shape index (κ3) is 7.57. The summed E-state index contributed by atoms with van der Waals surface area (Å²) in [5.74, 6) is 0.297. The summed E-state index contributed by atoms with van der Waals surface area (Å²) in [5, 5.41) is 5.47. The standard InChI is InChI=1S/C21H30N4O4/c1-3-15(2)18(22)20-25-17(14-28-20)19(26)23-11-7-8-12-24-21(27)29-13-16-9-5-4-6-10-16/h4-6,9-10,14-15,18H,3,7-8,11-13,22H2,1-2H3,(H,23,26)(H,24,27). The minimum Gasteiger partial charge on any atom is -0.446 e. The van der Waals surface area contributed by atoms with Crippen LogP contribution in [0.2, 0.25) is 0 Å². The average Bonchev–Trinajstić information content (AvgIpc) is 3.24. The van der Waals surface area contributed by atoms with Crippen LogP contribution in [0.1, 0.15) is 61.1 Å². The van der Waals surface area contributed by atoms with Crippen molar-refractivity contribution in [3.05, 3.63) is 53.7 Å². The Labute approximate surface area is 171 Å². The van der Waals surface area contributed by atoms with Gasteiger partial charge in [0.2, 0.25) is 5.89 Å². The van der Waals surface area contributed by atoms with Crippen molar-refractivity contribution in [3.8, 4) is 0 Å². The number of oxazole rings is 1. The predicted octanol–water partition coefficient (Wildman–Crippen LogP) is 3.16. The summed E-state index contributed by atoms with van der Waals surface area (Å²) < 4.78 is 10.5. The van der Waals surface area contributed by atoms with Crippen molar-refractivity contribution in [3.63, 3.8) is 0 Å². The topological polar surface area (TPSA) is 119 Å². The summed E-state index contributed by atoms with van der Waals surface area (Å²) in [6.07, 6.45) is 3.20. The van der Waals surface area contributed by atoms with Gasteiger partial charge in [-0.3, -0.25) is 4.79 Å². The SMILES string of the molecule is CCC(C)C(N)c1nc(C(=O)NCCCCNC(=O)OCc2ccccc2)co1. The summed E-state index contributed by atoms with van der Waals surface area (Å²) in [6, 6.07) is 9.16. The molecule has 158 valence electrons. The number of unbranched alkanes of at least 4 members (excludes halogenated alkanes) is 1. The van der Waals surface area contributed by atoms with Gasteiger partial charge >= 0.3 is 6.09 Å². The van der Waals surface area contributed by atoms with Crippen molar-refractivity contribution in [2.24, 2.45) is 11.7 Å². The number of nitrogens with zero attached hydrogens (tertiary/aromatic N) is 1. The molecule has 0 aliphatic rings. The summed E-state index contributed by atoms with van der Waals surface area (Å²) in [6.45, 7) is 5.24. The van der Waals surface area contributed by atoms with Gasteiger partial charge in [0.1, 0.15) is 12.9 Å². The Kier molecular flexibility index (Phi) is 9.17. The molecule has 8 nitrogen and oxygen atoms in total. The minimum absolute atomic E-state index is 0.219. The second kappa shape index (κ2) is 11.9. The Balaban J connectivity index is 1.57. The van der Waals surface area contributed by atoms with E-state index >= 15 is 0 Å². The van der Waals surface area contributed by atoms with Gasteiger partial charge in [-0.1, -0.05) is 50.6 Å². The number of aromatic nitrogens is 1. The van der Waals surface area contributed by atoms with E-state index in [1.165, 1.54) is 6.26 Å². The van der Waals surface area contributed by atoms with Crippen LogP contribution < -0.4 is 16.4 Å². The van der Waals surface area contributed by atoms with E-state index in [0.29, 0.717) is 31.8 Å².